The maximum atomic E-state index is 13.7. The number of halogens is 1. The van der Waals surface area contributed by atoms with E-state index in [1.54, 1.807) is 7.11 Å². The molecule has 0 spiro atoms. The summed E-state index contributed by atoms with van der Waals surface area (Å²) in [6, 6.07) is 3.71. The van der Waals surface area contributed by atoms with Gasteiger partial charge in [-0.2, -0.15) is 0 Å². The Morgan fingerprint density at radius 1 is 1.56 bits per heavy atom. The van der Waals surface area contributed by atoms with Crippen LogP contribution in [0.3, 0.4) is 0 Å². The molecular formula is C12H17FN2O3. The summed E-state index contributed by atoms with van der Waals surface area (Å²) in [4.78, 5) is 9.89. The van der Waals surface area contributed by atoms with E-state index in [1.165, 1.54) is 12.1 Å². The fourth-order valence-electron chi connectivity index (χ4n) is 1.76. The lowest BCUT2D eigenvalue weighted by atomic mass is 10.1. The van der Waals surface area contributed by atoms with E-state index in [0.29, 0.717) is 18.6 Å². The van der Waals surface area contributed by atoms with Crippen LogP contribution in [0.2, 0.25) is 0 Å². The van der Waals surface area contributed by atoms with Gasteiger partial charge in [0, 0.05) is 19.2 Å². The first-order valence-corrected chi connectivity index (χ1v) is 5.73. The number of benzene rings is 1. The van der Waals surface area contributed by atoms with Gasteiger partial charge < -0.3 is 10.1 Å². The van der Waals surface area contributed by atoms with E-state index in [2.05, 4.69) is 5.32 Å². The number of hydrogen-bond donors (Lipinski definition) is 1. The van der Waals surface area contributed by atoms with Gasteiger partial charge in [-0.05, 0) is 24.6 Å². The average molecular weight is 256 g/mol. The molecule has 0 heterocycles. The SMILES string of the molecule is CCNC(COC)Cc1ccc([N+](=O)[O-])cc1F. The zero-order valence-corrected chi connectivity index (χ0v) is 10.5. The van der Waals surface area contributed by atoms with Crippen LogP contribution in [-0.4, -0.2) is 31.2 Å². The highest BCUT2D eigenvalue weighted by atomic mass is 19.1. The highest BCUT2D eigenvalue weighted by molar-refractivity contribution is 5.34. The molecule has 0 aliphatic rings. The first-order valence-electron chi connectivity index (χ1n) is 5.73. The van der Waals surface area contributed by atoms with Crippen LogP contribution in [-0.2, 0) is 11.2 Å². The number of rotatable bonds is 7. The molecule has 1 rings (SSSR count). The van der Waals surface area contributed by atoms with Gasteiger partial charge in [-0.3, -0.25) is 10.1 Å². The molecule has 5 nitrogen and oxygen atoms in total. The number of hydrogen-bond acceptors (Lipinski definition) is 4. The molecule has 18 heavy (non-hydrogen) atoms. The van der Waals surface area contributed by atoms with Crippen molar-refractivity contribution in [3.05, 3.63) is 39.7 Å². The molecule has 1 aromatic carbocycles. The molecule has 1 N–H and O–H groups in total. The van der Waals surface area contributed by atoms with Gasteiger partial charge in [-0.15, -0.1) is 0 Å². The Kier molecular flexibility index (Phi) is 5.67. The highest BCUT2D eigenvalue weighted by Gasteiger charge is 2.14. The number of nitro groups is 1. The maximum absolute atomic E-state index is 13.7. The van der Waals surface area contributed by atoms with Crippen molar-refractivity contribution in [2.24, 2.45) is 0 Å². The Morgan fingerprint density at radius 3 is 2.78 bits per heavy atom. The van der Waals surface area contributed by atoms with E-state index in [4.69, 9.17) is 4.74 Å². The van der Waals surface area contributed by atoms with Crippen LogP contribution in [0.4, 0.5) is 10.1 Å². The van der Waals surface area contributed by atoms with Gasteiger partial charge in [0.05, 0.1) is 17.6 Å². The Hall–Kier alpha value is -1.53. The summed E-state index contributed by atoms with van der Waals surface area (Å²) >= 11 is 0. The monoisotopic (exact) mass is 256 g/mol. The van der Waals surface area contributed by atoms with Crippen molar-refractivity contribution >= 4 is 5.69 Å². The molecular weight excluding hydrogens is 239 g/mol. The summed E-state index contributed by atoms with van der Waals surface area (Å²) in [6.45, 7) is 3.17. The summed E-state index contributed by atoms with van der Waals surface area (Å²) in [7, 11) is 1.58. The second-order valence-corrected chi connectivity index (χ2v) is 3.95. The van der Waals surface area contributed by atoms with Crippen LogP contribution in [0, 0.1) is 15.9 Å². The van der Waals surface area contributed by atoms with E-state index in [1.807, 2.05) is 6.92 Å². The van der Waals surface area contributed by atoms with E-state index in [0.717, 1.165) is 12.6 Å². The molecule has 6 heteroatoms. The standard InChI is InChI=1S/C12H17FN2O3/c1-3-14-10(8-18-2)6-9-4-5-11(15(16)17)7-12(9)13/h4-5,7,10,14H,3,6,8H2,1-2H3. The van der Waals surface area contributed by atoms with Gasteiger partial charge in [0.2, 0.25) is 0 Å². The minimum absolute atomic E-state index is 0.00374. The first kappa shape index (κ1) is 14.5. The van der Waals surface area contributed by atoms with Crippen molar-refractivity contribution in [3.8, 4) is 0 Å². The van der Waals surface area contributed by atoms with E-state index >= 15 is 0 Å². The summed E-state index contributed by atoms with van der Waals surface area (Å²) in [5.41, 5.74) is 0.214. The van der Waals surface area contributed by atoms with Crippen molar-refractivity contribution in [1.82, 2.24) is 5.32 Å². The zero-order valence-electron chi connectivity index (χ0n) is 10.5. The fraction of sp³-hybridized carbons (Fsp3) is 0.500. The fourth-order valence-corrected chi connectivity index (χ4v) is 1.76. The van der Waals surface area contributed by atoms with E-state index in [9.17, 15) is 14.5 Å². The summed E-state index contributed by atoms with van der Waals surface area (Å²) in [5.74, 6) is -0.553. The predicted octanol–water partition coefficient (Wildman–Crippen LogP) is 1.90. The van der Waals surface area contributed by atoms with Crippen LogP contribution in [0.15, 0.2) is 18.2 Å². The molecule has 0 saturated carbocycles. The third-order valence-corrected chi connectivity index (χ3v) is 2.57. The number of methoxy groups -OCH3 is 1. The molecule has 0 aromatic heterocycles. The summed E-state index contributed by atoms with van der Waals surface area (Å²) in [6.07, 6.45) is 0.436. The first-order chi connectivity index (χ1) is 8.58. The minimum atomic E-state index is -0.607. The molecule has 1 unspecified atom stereocenters. The molecule has 0 saturated heterocycles. The minimum Gasteiger partial charge on any atom is -0.383 e. The maximum Gasteiger partial charge on any atom is 0.272 e. The normalized spacial score (nSPS) is 12.4. The van der Waals surface area contributed by atoms with Gasteiger partial charge in [-0.1, -0.05) is 6.92 Å². The Morgan fingerprint density at radius 2 is 2.28 bits per heavy atom. The average Bonchev–Trinajstić information content (AvgIpc) is 2.32. The number of nitrogens with zero attached hydrogens (tertiary/aromatic N) is 1. The second kappa shape index (κ2) is 7.03. The van der Waals surface area contributed by atoms with Crippen molar-refractivity contribution in [1.29, 1.82) is 0 Å². The molecule has 0 bridgehead atoms. The third-order valence-electron chi connectivity index (χ3n) is 2.57. The van der Waals surface area contributed by atoms with Gasteiger partial charge >= 0.3 is 0 Å². The zero-order chi connectivity index (χ0) is 13.5. The molecule has 1 aromatic rings. The molecule has 0 amide bonds. The lowest BCUT2D eigenvalue weighted by molar-refractivity contribution is -0.385. The van der Waals surface area contributed by atoms with Crippen LogP contribution < -0.4 is 5.32 Å². The molecule has 0 aliphatic carbocycles. The number of nitro benzene ring substituents is 1. The number of nitrogens with one attached hydrogen (secondary N) is 1. The number of likely N-dealkylation sites (N-methyl/N-ethyl adjacent to an activating group) is 1. The predicted molar refractivity (Wildman–Crippen MR) is 66.1 cm³/mol. The van der Waals surface area contributed by atoms with Gasteiger partial charge in [0.25, 0.3) is 5.69 Å². The van der Waals surface area contributed by atoms with Gasteiger partial charge in [0.15, 0.2) is 0 Å². The van der Waals surface area contributed by atoms with Crippen LogP contribution in [0.25, 0.3) is 0 Å². The lowest BCUT2D eigenvalue weighted by Gasteiger charge is -2.17. The smallest absolute Gasteiger partial charge is 0.272 e. The van der Waals surface area contributed by atoms with Gasteiger partial charge in [-0.25, -0.2) is 4.39 Å². The largest absolute Gasteiger partial charge is 0.383 e. The van der Waals surface area contributed by atoms with E-state index in [-0.39, 0.29) is 11.7 Å². The van der Waals surface area contributed by atoms with Crippen molar-refractivity contribution in [3.63, 3.8) is 0 Å². The van der Waals surface area contributed by atoms with Gasteiger partial charge in [0.1, 0.15) is 5.82 Å². The quantitative estimate of drug-likeness (QED) is 0.597. The van der Waals surface area contributed by atoms with Crippen molar-refractivity contribution < 1.29 is 14.1 Å². The molecule has 100 valence electrons. The summed E-state index contributed by atoms with van der Waals surface area (Å²) in [5, 5.41) is 13.7. The third kappa shape index (κ3) is 4.05. The molecule has 0 radical (unpaired) electrons. The second-order valence-electron chi connectivity index (χ2n) is 3.95. The Labute approximate surface area is 105 Å². The molecule has 0 aliphatic heterocycles. The number of non-ortho nitro benzene ring substituents is 1. The molecule has 0 fully saturated rings. The van der Waals surface area contributed by atoms with Crippen molar-refractivity contribution in [2.75, 3.05) is 20.3 Å². The highest BCUT2D eigenvalue weighted by Crippen LogP contribution is 2.17. The summed E-state index contributed by atoms with van der Waals surface area (Å²) < 4.78 is 18.7. The molecule has 1 atom stereocenters. The number of ether oxygens (including phenoxy) is 1. The topological polar surface area (TPSA) is 64.4 Å². The van der Waals surface area contributed by atoms with Crippen LogP contribution >= 0.6 is 0 Å². The Bertz CT molecular complexity index is 406. The van der Waals surface area contributed by atoms with Crippen LogP contribution in [0.1, 0.15) is 12.5 Å². The Balaban J connectivity index is 2.79. The lowest BCUT2D eigenvalue weighted by Crippen LogP contribution is -2.35. The van der Waals surface area contributed by atoms with Crippen molar-refractivity contribution in [2.45, 2.75) is 19.4 Å². The van der Waals surface area contributed by atoms with E-state index < -0.39 is 10.7 Å². The van der Waals surface area contributed by atoms with Crippen LogP contribution in [0.5, 0.6) is 0 Å².